The number of hydrogen-bond acceptors (Lipinski definition) is 4. The lowest BCUT2D eigenvalue weighted by molar-refractivity contribution is -0.119. The predicted octanol–water partition coefficient (Wildman–Crippen LogP) is 3.97. The van der Waals surface area contributed by atoms with Gasteiger partial charge in [0.2, 0.25) is 5.91 Å². The number of aromatic nitrogens is 3. The second-order valence-electron chi connectivity index (χ2n) is 8.94. The van der Waals surface area contributed by atoms with Gasteiger partial charge < -0.3 is 5.32 Å². The number of fused-ring (bicyclic) bond motifs is 1. The van der Waals surface area contributed by atoms with E-state index in [4.69, 9.17) is 0 Å². The molecule has 7 nitrogen and oxygen atoms in total. The standard InChI is InChI=1S/C27H25FN4O3/c1-17(33)30-21-10-12-22(13-11-21)32-26(34)24-15-20(28)16-29-25(24)31(27(32)35)23-9-5-8-19(14-23)18-6-3-2-4-7-18/h2-9,14-16,21-22H,10-13H2,1H3,(H,30,33)/t21-,22+. The Hall–Kier alpha value is -4.07. The van der Waals surface area contributed by atoms with E-state index < -0.39 is 17.1 Å². The molecular weight excluding hydrogens is 447 g/mol. The third kappa shape index (κ3) is 4.39. The SMILES string of the molecule is CC(=O)N[C@H]1CC[C@@H](n2c(=O)c3cc(F)cnc3n(-c3cccc(-c4ccccc4)c3)c2=O)CC1. The van der Waals surface area contributed by atoms with Crippen LogP contribution in [0.3, 0.4) is 0 Å². The maximum absolute atomic E-state index is 14.1. The highest BCUT2D eigenvalue weighted by Gasteiger charge is 2.27. The molecule has 0 bridgehead atoms. The van der Waals surface area contributed by atoms with Crippen molar-refractivity contribution in [3.05, 3.63) is 93.5 Å². The number of nitrogens with zero attached hydrogens (tertiary/aromatic N) is 3. The Balaban J connectivity index is 1.66. The van der Waals surface area contributed by atoms with Crippen molar-refractivity contribution in [2.45, 2.75) is 44.7 Å². The quantitative estimate of drug-likeness (QED) is 0.487. The molecule has 8 heteroatoms. The molecule has 4 aromatic rings. The molecule has 2 aromatic carbocycles. The van der Waals surface area contributed by atoms with E-state index in [2.05, 4.69) is 10.3 Å². The molecule has 2 aromatic heterocycles. The Bertz CT molecular complexity index is 1520. The van der Waals surface area contributed by atoms with Crippen LogP contribution in [0.25, 0.3) is 27.8 Å². The highest BCUT2D eigenvalue weighted by Crippen LogP contribution is 2.28. The van der Waals surface area contributed by atoms with Gasteiger partial charge >= 0.3 is 5.69 Å². The Morgan fingerprint density at radius 3 is 2.40 bits per heavy atom. The molecule has 0 saturated heterocycles. The summed E-state index contributed by atoms with van der Waals surface area (Å²) in [6, 6.07) is 18.0. The summed E-state index contributed by atoms with van der Waals surface area (Å²) >= 11 is 0. The summed E-state index contributed by atoms with van der Waals surface area (Å²) in [4.78, 5) is 42.8. The third-order valence-corrected chi connectivity index (χ3v) is 6.57. The molecule has 1 saturated carbocycles. The lowest BCUT2D eigenvalue weighted by atomic mass is 9.91. The van der Waals surface area contributed by atoms with Crippen molar-refractivity contribution in [3.63, 3.8) is 0 Å². The van der Waals surface area contributed by atoms with E-state index in [-0.39, 0.29) is 29.0 Å². The summed E-state index contributed by atoms with van der Waals surface area (Å²) in [5.74, 6) is -0.739. The number of hydrogen-bond donors (Lipinski definition) is 1. The van der Waals surface area contributed by atoms with E-state index in [1.165, 1.54) is 16.1 Å². The van der Waals surface area contributed by atoms with E-state index in [1.807, 2.05) is 48.5 Å². The maximum atomic E-state index is 14.1. The molecule has 0 aliphatic heterocycles. The molecule has 0 unspecified atom stereocenters. The van der Waals surface area contributed by atoms with Crippen LogP contribution in [-0.2, 0) is 4.79 Å². The van der Waals surface area contributed by atoms with Crippen molar-refractivity contribution >= 4 is 16.9 Å². The second kappa shape index (κ2) is 9.29. The summed E-state index contributed by atoms with van der Waals surface area (Å²) in [7, 11) is 0. The minimum absolute atomic E-state index is 0.0174. The molecule has 1 amide bonds. The first-order valence-corrected chi connectivity index (χ1v) is 11.7. The normalized spacial score (nSPS) is 17.9. The first kappa shape index (κ1) is 22.7. The zero-order valence-corrected chi connectivity index (χ0v) is 19.3. The van der Waals surface area contributed by atoms with Gasteiger partial charge in [-0.25, -0.2) is 18.7 Å². The smallest absolute Gasteiger partial charge is 0.337 e. The van der Waals surface area contributed by atoms with Gasteiger partial charge in [0.15, 0.2) is 5.65 Å². The topological polar surface area (TPSA) is 86.0 Å². The lowest BCUT2D eigenvalue weighted by Gasteiger charge is -2.30. The van der Waals surface area contributed by atoms with Crippen molar-refractivity contribution in [1.82, 2.24) is 19.4 Å². The second-order valence-corrected chi connectivity index (χ2v) is 8.94. The fourth-order valence-electron chi connectivity index (χ4n) is 4.96. The third-order valence-electron chi connectivity index (χ3n) is 6.57. The summed E-state index contributed by atoms with van der Waals surface area (Å²) in [6.07, 6.45) is 3.43. The van der Waals surface area contributed by atoms with Crippen LogP contribution in [0.2, 0.25) is 0 Å². The Morgan fingerprint density at radius 1 is 0.971 bits per heavy atom. The van der Waals surface area contributed by atoms with Gasteiger partial charge in [-0.15, -0.1) is 0 Å². The number of carbonyl (C=O) groups is 1. The largest absolute Gasteiger partial charge is 0.354 e. The van der Waals surface area contributed by atoms with Gasteiger partial charge in [-0.1, -0.05) is 42.5 Å². The number of carbonyl (C=O) groups excluding carboxylic acids is 1. The summed E-state index contributed by atoms with van der Waals surface area (Å²) < 4.78 is 16.8. The lowest BCUT2D eigenvalue weighted by Crippen LogP contribution is -2.45. The van der Waals surface area contributed by atoms with Crippen LogP contribution in [0.4, 0.5) is 4.39 Å². The van der Waals surface area contributed by atoms with Crippen molar-refractivity contribution < 1.29 is 9.18 Å². The van der Waals surface area contributed by atoms with Crippen LogP contribution in [0.5, 0.6) is 0 Å². The van der Waals surface area contributed by atoms with Gasteiger partial charge in [-0.05, 0) is 55.0 Å². The fourth-order valence-corrected chi connectivity index (χ4v) is 4.96. The number of amides is 1. The van der Waals surface area contributed by atoms with Crippen molar-refractivity contribution in [1.29, 1.82) is 0 Å². The predicted molar refractivity (Wildman–Crippen MR) is 132 cm³/mol. The summed E-state index contributed by atoms with van der Waals surface area (Å²) in [5, 5.41) is 2.96. The minimum atomic E-state index is -0.640. The van der Waals surface area contributed by atoms with Crippen LogP contribution in [0.15, 0.2) is 76.4 Å². The minimum Gasteiger partial charge on any atom is -0.354 e. The molecule has 0 radical (unpaired) electrons. The number of benzene rings is 2. The van der Waals surface area contributed by atoms with Gasteiger partial charge in [0.05, 0.1) is 17.3 Å². The van der Waals surface area contributed by atoms with Crippen LogP contribution >= 0.6 is 0 Å². The van der Waals surface area contributed by atoms with E-state index in [9.17, 15) is 18.8 Å². The zero-order valence-electron chi connectivity index (χ0n) is 19.3. The van der Waals surface area contributed by atoms with Crippen molar-refractivity contribution in [3.8, 4) is 16.8 Å². The van der Waals surface area contributed by atoms with Crippen LogP contribution in [0, 0.1) is 5.82 Å². The molecule has 1 fully saturated rings. The van der Waals surface area contributed by atoms with Crippen LogP contribution in [0.1, 0.15) is 38.6 Å². The van der Waals surface area contributed by atoms with E-state index in [1.54, 1.807) is 6.07 Å². The molecule has 178 valence electrons. The van der Waals surface area contributed by atoms with Gasteiger partial charge in [-0.3, -0.25) is 14.2 Å². The summed E-state index contributed by atoms with van der Waals surface area (Å²) in [6.45, 7) is 1.48. The number of nitrogens with one attached hydrogen (secondary N) is 1. The zero-order chi connectivity index (χ0) is 24.5. The average Bonchev–Trinajstić information content (AvgIpc) is 2.86. The van der Waals surface area contributed by atoms with E-state index in [0.29, 0.717) is 31.4 Å². The van der Waals surface area contributed by atoms with Crippen LogP contribution < -0.4 is 16.6 Å². The molecule has 1 aliphatic rings. The highest BCUT2D eigenvalue weighted by atomic mass is 19.1. The highest BCUT2D eigenvalue weighted by molar-refractivity contribution is 5.76. The average molecular weight is 473 g/mol. The van der Waals surface area contributed by atoms with E-state index >= 15 is 0 Å². The number of rotatable bonds is 4. The van der Waals surface area contributed by atoms with Crippen molar-refractivity contribution in [2.24, 2.45) is 0 Å². The fraction of sp³-hybridized carbons (Fsp3) is 0.259. The Kier molecular flexibility index (Phi) is 6.03. The first-order valence-electron chi connectivity index (χ1n) is 11.7. The van der Waals surface area contributed by atoms with Gasteiger partial charge in [-0.2, -0.15) is 0 Å². The molecule has 5 rings (SSSR count). The van der Waals surface area contributed by atoms with E-state index in [0.717, 1.165) is 23.4 Å². The van der Waals surface area contributed by atoms with Gasteiger partial charge in [0.1, 0.15) is 5.82 Å². The van der Waals surface area contributed by atoms with Crippen LogP contribution in [-0.4, -0.2) is 26.1 Å². The molecular formula is C27H25FN4O3. The molecule has 0 atom stereocenters. The first-order chi connectivity index (χ1) is 16.9. The monoisotopic (exact) mass is 472 g/mol. The Morgan fingerprint density at radius 2 is 1.69 bits per heavy atom. The van der Waals surface area contributed by atoms with Crippen molar-refractivity contribution in [2.75, 3.05) is 0 Å². The molecule has 0 spiro atoms. The summed E-state index contributed by atoms with van der Waals surface area (Å²) in [5.41, 5.74) is 1.50. The maximum Gasteiger partial charge on any atom is 0.337 e. The number of halogens is 1. The van der Waals surface area contributed by atoms with Gasteiger partial charge in [0, 0.05) is 19.0 Å². The molecule has 2 heterocycles. The number of pyridine rings is 1. The van der Waals surface area contributed by atoms with Gasteiger partial charge in [0.25, 0.3) is 5.56 Å². The Labute approximate surface area is 200 Å². The molecule has 1 N–H and O–H groups in total. The molecule has 35 heavy (non-hydrogen) atoms. The molecule has 1 aliphatic carbocycles.